The molecule has 2 rings (SSSR count). The second-order valence-electron chi connectivity index (χ2n) is 8.19. The van der Waals surface area contributed by atoms with Crippen LogP contribution in [0.15, 0.2) is 5.38 Å². The second-order valence-corrected chi connectivity index (χ2v) is 9.14. The molecule has 1 aromatic rings. The van der Waals surface area contributed by atoms with E-state index in [0.717, 1.165) is 6.42 Å². The molecule has 1 aliphatic carbocycles. The number of hydrogen-bond acceptors (Lipinski definition) is 4. The van der Waals surface area contributed by atoms with Gasteiger partial charge in [0, 0.05) is 23.3 Å². The Morgan fingerprint density at radius 1 is 1.43 bits per heavy atom. The van der Waals surface area contributed by atoms with E-state index in [9.17, 15) is 0 Å². The number of hydrazine groups is 1. The van der Waals surface area contributed by atoms with Crippen LogP contribution in [0, 0.1) is 11.3 Å². The van der Waals surface area contributed by atoms with Crippen molar-refractivity contribution in [2.75, 3.05) is 0 Å². The SMILES string of the molecule is CC(C)(C)c1csc(CC(NN)C2CCCCC2(C)C)n1. The molecule has 0 aliphatic heterocycles. The van der Waals surface area contributed by atoms with E-state index < -0.39 is 0 Å². The summed E-state index contributed by atoms with van der Waals surface area (Å²) < 4.78 is 0. The van der Waals surface area contributed by atoms with Gasteiger partial charge in [-0.25, -0.2) is 4.98 Å². The first-order chi connectivity index (χ1) is 9.74. The summed E-state index contributed by atoms with van der Waals surface area (Å²) in [7, 11) is 0. The van der Waals surface area contributed by atoms with Gasteiger partial charge in [0.2, 0.25) is 0 Å². The Bertz CT molecular complexity index is 459. The molecule has 1 saturated carbocycles. The van der Waals surface area contributed by atoms with E-state index in [1.54, 1.807) is 11.3 Å². The topological polar surface area (TPSA) is 50.9 Å². The molecule has 0 saturated heterocycles. The molecule has 2 atom stereocenters. The molecule has 0 radical (unpaired) electrons. The molecule has 21 heavy (non-hydrogen) atoms. The molecule has 1 heterocycles. The summed E-state index contributed by atoms with van der Waals surface area (Å²) in [6.45, 7) is 11.4. The maximum Gasteiger partial charge on any atom is 0.0944 e. The summed E-state index contributed by atoms with van der Waals surface area (Å²) in [5.74, 6) is 6.53. The van der Waals surface area contributed by atoms with Crippen LogP contribution in [-0.4, -0.2) is 11.0 Å². The van der Waals surface area contributed by atoms with E-state index in [1.807, 2.05) is 0 Å². The largest absolute Gasteiger partial charge is 0.271 e. The second kappa shape index (κ2) is 6.35. The third-order valence-corrected chi connectivity index (χ3v) is 5.88. The number of nitrogens with one attached hydrogen (secondary N) is 1. The minimum absolute atomic E-state index is 0.129. The average molecular weight is 310 g/mol. The van der Waals surface area contributed by atoms with Gasteiger partial charge in [-0.2, -0.15) is 0 Å². The predicted octanol–water partition coefficient (Wildman–Crippen LogP) is 4.03. The first-order valence-electron chi connectivity index (χ1n) is 8.15. The zero-order valence-electron chi connectivity index (χ0n) is 14.2. The van der Waals surface area contributed by atoms with E-state index in [-0.39, 0.29) is 5.41 Å². The van der Waals surface area contributed by atoms with Crippen LogP contribution < -0.4 is 11.3 Å². The molecule has 0 amide bonds. The summed E-state index contributed by atoms with van der Waals surface area (Å²) >= 11 is 1.78. The molecule has 2 unspecified atom stereocenters. The molecule has 0 aromatic carbocycles. The Morgan fingerprint density at radius 3 is 2.67 bits per heavy atom. The molecule has 0 spiro atoms. The van der Waals surface area contributed by atoms with Crippen LogP contribution in [0.2, 0.25) is 0 Å². The van der Waals surface area contributed by atoms with Crippen LogP contribution >= 0.6 is 11.3 Å². The van der Waals surface area contributed by atoms with Crippen molar-refractivity contribution < 1.29 is 0 Å². The molecule has 1 fully saturated rings. The van der Waals surface area contributed by atoms with Crippen molar-refractivity contribution in [3.8, 4) is 0 Å². The number of hydrogen-bond donors (Lipinski definition) is 2. The predicted molar refractivity (Wildman–Crippen MR) is 91.4 cm³/mol. The van der Waals surface area contributed by atoms with Crippen molar-refractivity contribution in [3.05, 3.63) is 16.1 Å². The Morgan fingerprint density at radius 2 is 2.14 bits per heavy atom. The van der Waals surface area contributed by atoms with Crippen LogP contribution in [0.4, 0.5) is 0 Å². The van der Waals surface area contributed by atoms with Gasteiger partial charge in [0.1, 0.15) is 0 Å². The minimum Gasteiger partial charge on any atom is -0.271 e. The molecular formula is C17H31N3S. The molecule has 3 nitrogen and oxygen atoms in total. The lowest BCUT2D eigenvalue weighted by Crippen LogP contribution is -2.48. The van der Waals surface area contributed by atoms with Gasteiger partial charge in [-0.3, -0.25) is 11.3 Å². The third-order valence-electron chi connectivity index (χ3n) is 5.00. The quantitative estimate of drug-likeness (QED) is 0.652. The van der Waals surface area contributed by atoms with E-state index in [1.165, 1.54) is 36.4 Å². The summed E-state index contributed by atoms with van der Waals surface area (Å²) in [4.78, 5) is 4.83. The molecule has 1 aromatic heterocycles. The zero-order valence-corrected chi connectivity index (χ0v) is 15.0. The van der Waals surface area contributed by atoms with Crippen molar-refractivity contribution in [1.29, 1.82) is 0 Å². The van der Waals surface area contributed by atoms with Gasteiger partial charge >= 0.3 is 0 Å². The summed E-state index contributed by atoms with van der Waals surface area (Å²) in [5.41, 5.74) is 4.79. The maximum atomic E-state index is 5.89. The molecule has 3 N–H and O–H groups in total. The lowest BCUT2D eigenvalue weighted by molar-refractivity contribution is 0.0981. The first kappa shape index (κ1) is 16.9. The highest BCUT2D eigenvalue weighted by molar-refractivity contribution is 7.09. The fourth-order valence-electron chi connectivity index (χ4n) is 3.52. The van der Waals surface area contributed by atoms with Gasteiger partial charge in [0.15, 0.2) is 0 Å². The van der Waals surface area contributed by atoms with Gasteiger partial charge in [-0.05, 0) is 24.2 Å². The van der Waals surface area contributed by atoms with E-state index in [2.05, 4.69) is 45.4 Å². The maximum absolute atomic E-state index is 5.89. The number of nitrogens with two attached hydrogens (primary N) is 1. The fraction of sp³-hybridized carbons (Fsp3) is 0.824. The van der Waals surface area contributed by atoms with Crippen LogP contribution in [0.25, 0.3) is 0 Å². The van der Waals surface area contributed by atoms with E-state index in [0.29, 0.717) is 17.4 Å². The van der Waals surface area contributed by atoms with Gasteiger partial charge in [0.25, 0.3) is 0 Å². The lowest BCUT2D eigenvalue weighted by atomic mass is 9.65. The summed E-state index contributed by atoms with van der Waals surface area (Å²) in [5, 5.41) is 3.42. The van der Waals surface area contributed by atoms with Gasteiger partial charge in [-0.1, -0.05) is 47.5 Å². The van der Waals surface area contributed by atoms with Gasteiger partial charge in [0.05, 0.1) is 10.7 Å². The Labute approximate surface area is 133 Å². The Balaban J connectivity index is 2.10. The smallest absolute Gasteiger partial charge is 0.0944 e. The normalized spacial score (nSPS) is 24.0. The summed E-state index contributed by atoms with van der Waals surface area (Å²) in [6.07, 6.45) is 6.22. The lowest BCUT2D eigenvalue weighted by Gasteiger charge is -2.43. The van der Waals surface area contributed by atoms with Crippen LogP contribution in [-0.2, 0) is 11.8 Å². The molecule has 4 heteroatoms. The van der Waals surface area contributed by atoms with Crippen LogP contribution in [0.3, 0.4) is 0 Å². The van der Waals surface area contributed by atoms with E-state index in [4.69, 9.17) is 10.8 Å². The molecule has 1 aliphatic rings. The molecule has 120 valence electrons. The monoisotopic (exact) mass is 309 g/mol. The van der Waals surface area contributed by atoms with Gasteiger partial charge < -0.3 is 0 Å². The van der Waals surface area contributed by atoms with Gasteiger partial charge in [-0.15, -0.1) is 11.3 Å². The highest BCUT2D eigenvalue weighted by Crippen LogP contribution is 2.43. The van der Waals surface area contributed by atoms with E-state index >= 15 is 0 Å². The van der Waals surface area contributed by atoms with Crippen molar-refractivity contribution in [2.45, 2.75) is 78.2 Å². The highest BCUT2D eigenvalue weighted by Gasteiger charge is 2.37. The third kappa shape index (κ3) is 4.05. The van der Waals surface area contributed by atoms with Crippen LogP contribution in [0.5, 0.6) is 0 Å². The Kier molecular flexibility index (Phi) is 5.11. The average Bonchev–Trinajstić information content (AvgIpc) is 2.84. The fourth-order valence-corrected chi connectivity index (χ4v) is 4.60. The first-order valence-corrected chi connectivity index (χ1v) is 9.03. The number of thiazole rings is 1. The molecular weight excluding hydrogens is 278 g/mol. The number of nitrogens with zero attached hydrogens (tertiary/aromatic N) is 1. The number of rotatable bonds is 4. The number of aromatic nitrogens is 1. The highest BCUT2D eigenvalue weighted by atomic mass is 32.1. The molecule has 0 bridgehead atoms. The Hall–Kier alpha value is -0.450. The van der Waals surface area contributed by atoms with Crippen LogP contribution in [0.1, 0.15) is 71.0 Å². The van der Waals surface area contributed by atoms with Crippen molar-refractivity contribution in [1.82, 2.24) is 10.4 Å². The van der Waals surface area contributed by atoms with Crippen molar-refractivity contribution >= 4 is 11.3 Å². The summed E-state index contributed by atoms with van der Waals surface area (Å²) in [6, 6.07) is 0.333. The zero-order chi connectivity index (χ0) is 15.7. The van der Waals surface area contributed by atoms with Crippen molar-refractivity contribution in [2.24, 2.45) is 17.2 Å². The van der Waals surface area contributed by atoms with Crippen molar-refractivity contribution in [3.63, 3.8) is 0 Å². The standard InChI is InChI=1S/C17H31N3S/c1-16(2,3)14-11-21-15(19-14)10-13(20-18)12-8-6-7-9-17(12,4)5/h11-13,20H,6-10,18H2,1-5H3. The minimum atomic E-state index is 0.129.